The van der Waals surface area contributed by atoms with Crippen molar-refractivity contribution in [3.05, 3.63) is 0 Å². The average Bonchev–Trinajstić information content (AvgIpc) is 2.37. The van der Waals surface area contributed by atoms with Gasteiger partial charge in [0.05, 0.1) is 0 Å². The molecule has 0 radical (unpaired) electrons. The summed E-state index contributed by atoms with van der Waals surface area (Å²) in [7, 11) is 0. The Balaban J connectivity index is 0. The topological polar surface area (TPSA) is 0 Å². The summed E-state index contributed by atoms with van der Waals surface area (Å²) in [6.07, 6.45) is 11.8. The second kappa shape index (κ2) is 11.9. The molecular weight excluding hydrogens is 311 g/mol. The first-order chi connectivity index (χ1) is 8.24. The van der Waals surface area contributed by atoms with Crippen LogP contribution in [0.3, 0.4) is 0 Å². The Hall–Kier alpha value is 0.799. The van der Waals surface area contributed by atoms with E-state index in [0.717, 1.165) is 0 Å². The zero-order chi connectivity index (χ0) is 13.0. The molecule has 0 saturated carbocycles. The Kier molecular flexibility index (Phi) is 12.4. The van der Waals surface area contributed by atoms with Crippen molar-refractivity contribution in [3.63, 3.8) is 0 Å². The maximum absolute atomic E-state index is 2.37. The Morgan fingerprint density at radius 1 is 0.529 bits per heavy atom. The summed E-state index contributed by atoms with van der Waals surface area (Å²) in [5, 5.41) is 0. The number of hydrogen-bond donors (Lipinski definition) is 0. The van der Waals surface area contributed by atoms with E-state index in [0.29, 0.717) is 0 Å². The molecule has 0 bridgehead atoms. The first kappa shape index (κ1) is 17.8. The van der Waals surface area contributed by atoms with Gasteiger partial charge in [-0.25, -0.2) is 0 Å². The molecule has 106 valence electrons. The van der Waals surface area contributed by atoms with Crippen molar-refractivity contribution in [3.8, 4) is 0 Å². The standard InChI is InChI=1S/4C4H9.Sn.H/c4*1-3-4-2;;/h4*1,3-4H2,2H3;;/q;;;;;-1. The monoisotopic (exact) mass is 349 g/mol. The van der Waals surface area contributed by atoms with Crippen LogP contribution in [-0.4, -0.2) is 18.4 Å². The zero-order valence-corrected chi connectivity index (χ0v) is 15.8. The summed E-state index contributed by atoms with van der Waals surface area (Å²) in [6, 6.07) is 0. The minimum atomic E-state index is -1.69. The summed E-state index contributed by atoms with van der Waals surface area (Å²) in [6.45, 7) is 9.48. The molecular formula is C16H37Sn-. The van der Waals surface area contributed by atoms with Crippen LogP contribution in [0.15, 0.2) is 0 Å². The number of unbranched alkanes of at least 4 members (excludes halogenated alkanes) is 4. The molecule has 0 aliphatic rings. The molecule has 0 fully saturated rings. The average molecular weight is 348 g/mol. The molecule has 0 nitrogen and oxygen atoms in total. The second-order valence-corrected chi connectivity index (χ2v) is 20.2. The molecule has 0 heterocycles. The van der Waals surface area contributed by atoms with Crippen LogP contribution in [0.5, 0.6) is 0 Å². The van der Waals surface area contributed by atoms with Crippen molar-refractivity contribution in [1.29, 1.82) is 0 Å². The summed E-state index contributed by atoms with van der Waals surface area (Å²) in [4.78, 5) is 0. The molecule has 0 amide bonds. The molecule has 0 spiro atoms. The molecule has 0 aromatic rings. The maximum Gasteiger partial charge on any atom is -1.00 e. The maximum atomic E-state index is 2.37. The van der Waals surface area contributed by atoms with E-state index in [-0.39, 0.29) is 1.43 Å². The second-order valence-electron chi connectivity index (χ2n) is 5.91. The van der Waals surface area contributed by atoms with E-state index in [1.165, 1.54) is 51.4 Å². The van der Waals surface area contributed by atoms with Crippen LogP contribution in [0.2, 0.25) is 17.7 Å². The molecule has 1 heteroatoms. The predicted octanol–water partition coefficient (Wildman–Crippen LogP) is 6.75. The van der Waals surface area contributed by atoms with Gasteiger partial charge in [-0.15, -0.1) is 0 Å². The van der Waals surface area contributed by atoms with Crippen molar-refractivity contribution in [2.24, 2.45) is 0 Å². The minimum absolute atomic E-state index is 0. The first-order valence-electron chi connectivity index (χ1n) is 8.24. The van der Waals surface area contributed by atoms with Crippen molar-refractivity contribution in [1.82, 2.24) is 0 Å². The van der Waals surface area contributed by atoms with Crippen molar-refractivity contribution in [2.75, 3.05) is 0 Å². The van der Waals surface area contributed by atoms with Gasteiger partial charge in [0, 0.05) is 0 Å². The SMILES string of the molecule is CCC[CH2][Sn]([CH2]CCC)([CH2]CCC)[CH2]CCC.[H-]. The molecule has 0 atom stereocenters. The molecule has 0 rings (SSSR count). The molecule has 0 saturated heterocycles. The third-order valence-electron chi connectivity index (χ3n) is 4.24. The van der Waals surface area contributed by atoms with Gasteiger partial charge in [0.1, 0.15) is 0 Å². The predicted molar refractivity (Wildman–Crippen MR) is 85.7 cm³/mol. The fourth-order valence-electron chi connectivity index (χ4n) is 2.96. The van der Waals surface area contributed by atoms with Gasteiger partial charge in [0.15, 0.2) is 0 Å². The minimum Gasteiger partial charge on any atom is -1.00 e. The summed E-state index contributed by atoms with van der Waals surface area (Å²) >= 11 is -1.69. The summed E-state index contributed by atoms with van der Waals surface area (Å²) in [5.74, 6) is 0. The number of rotatable bonds is 12. The molecule has 0 aromatic heterocycles. The fourth-order valence-corrected chi connectivity index (χ4v) is 19.8. The van der Waals surface area contributed by atoms with Crippen molar-refractivity contribution in [2.45, 2.75) is 96.8 Å². The van der Waals surface area contributed by atoms with Crippen LogP contribution in [0.25, 0.3) is 0 Å². The molecule has 0 aromatic carbocycles. The van der Waals surface area contributed by atoms with Crippen LogP contribution >= 0.6 is 0 Å². The fraction of sp³-hybridized carbons (Fsp3) is 1.00. The Bertz CT molecular complexity index is 122. The largest absolute Gasteiger partial charge is 1.00 e. The molecule has 17 heavy (non-hydrogen) atoms. The smallest absolute Gasteiger partial charge is 1.00 e. The Morgan fingerprint density at radius 2 is 0.765 bits per heavy atom. The van der Waals surface area contributed by atoms with Crippen LogP contribution in [0, 0.1) is 0 Å². The summed E-state index contributed by atoms with van der Waals surface area (Å²) < 4.78 is 6.80. The van der Waals surface area contributed by atoms with Gasteiger partial charge < -0.3 is 1.43 Å². The van der Waals surface area contributed by atoms with Crippen molar-refractivity contribution >= 4 is 18.4 Å². The van der Waals surface area contributed by atoms with Crippen LogP contribution in [0.4, 0.5) is 0 Å². The normalized spacial score (nSPS) is 12.0. The van der Waals surface area contributed by atoms with E-state index < -0.39 is 18.4 Å². The van der Waals surface area contributed by atoms with Crippen LogP contribution < -0.4 is 0 Å². The van der Waals surface area contributed by atoms with Gasteiger partial charge in [0.25, 0.3) is 0 Å². The molecule has 0 N–H and O–H groups in total. The number of hydrogen-bond acceptors (Lipinski definition) is 0. The van der Waals surface area contributed by atoms with Gasteiger partial charge in [0.2, 0.25) is 0 Å². The first-order valence-corrected chi connectivity index (χ1v) is 16.3. The van der Waals surface area contributed by atoms with Crippen LogP contribution in [-0.2, 0) is 0 Å². The zero-order valence-electron chi connectivity index (χ0n) is 14.0. The van der Waals surface area contributed by atoms with Crippen LogP contribution in [0.1, 0.15) is 80.5 Å². The third kappa shape index (κ3) is 8.50. The van der Waals surface area contributed by atoms with E-state index in [9.17, 15) is 0 Å². The van der Waals surface area contributed by atoms with Gasteiger partial charge in [-0.2, -0.15) is 0 Å². The van der Waals surface area contributed by atoms with E-state index in [1.54, 1.807) is 17.7 Å². The van der Waals surface area contributed by atoms with E-state index in [4.69, 9.17) is 0 Å². The van der Waals surface area contributed by atoms with Gasteiger partial charge in [-0.1, -0.05) is 0 Å². The van der Waals surface area contributed by atoms with Crippen molar-refractivity contribution < 1.29 is 1.43 Å². The van der Waals surface area contributed by atoms with Gasteiger partial charge in [-0.05, 0) is 0 Å². The van der Waals surface area contributed by atoms with E-state index >= 15 is 0 Å². The van der Waals surface area contributed by atoms with E-state index in [2.05, 4.69) is 27.7 Å². The third-order valence-corrected chi connectivity index (χ3v) is 20.4. The van der Waals surface area contributed by atoms with Gasteiger partial charge in [-0.3, -0.25) is 0 Å². The molecule has 0 aliphatic heterocycles. The van der Waals surface area contributed by atoms with E-state index in [1.807, 2.05) is 0 Å². The quantitative estimate of drug-likeness (QED) is 0.342. The Morgan fingerprint density at radius 3 is 0.941 bits per heavy atom. The molecule has 0 aliphatic carbocycles. The van der Waals surface area contributed by atoms with Gasteiger partial charge >= 0.3 is 115 Å². The summed E-state index contributed by atoms with van der Waals surface area (Å²) in [5.41, 5.74) is 0. The molecule has 0 unspecified atom stereocenters. The Labute approximate surface area is 116 Å².